The second kappa shape index (κ2) is 7.05. The van der Waals surface area contributed by atoms with Gasteiger partial charge in [-0.3, -0.25) is 4.90 Å². The van der Waals surface area contributed by atoms with E-state index >= 15 is 0 Å². The molecular formula is C20H21Cl2NO. The molecule has 0 amide bonds. The van der Waals surface area contributed by atoms with E-state index in [9.17, 15) is 0 Å². The van der Waals surface area contributed by atoms with Crippen LogP contribution in [0.4, 0.5) is 0 Å². The molecule has 4 rings (SSSR count). The third-order valence-corrected chi connectivity index (χ3v) is 6.03. The van der Waals surface area contributed by atoms with Crippen LogP contribution in [0.25, 0.3) is 0 Å². The second-order valence-electron chi connectivity index (χ2n) is 6.60. The largest absolute Gasteiger partial charge is 0.379 e. The molecule has 1 aliphatic carbocycles. The first-order chi connectivity index (χ1) is 11.7. The molecule has 1 aliphatic heterocycles. The molecule has 0 aromatic heterocycles. The summed E-state index contributed by atoms with van der Waals surface area (Å²) in [5.41, 5.74) is 4.15. The minimum Gasteiger partial charge on any atom is -0.379 e. The zero-order valence-corrected chi connectivity index (χ0v) is 15.1. The first-order valence-corrected chi connectivity index (χ1v) is 9.35. The van der Waals surface area contributed by atoms with E-state index in [0.717, 1.165) is 32.7 Å². The molecule has 0 radical (unpaired) electrons. The lowest BCUT2D eigenvalue weighted by Crippen LogP contribution is -2.40. The summed E-state index contributed by atoms with van der Waals surface area (Å²) in [6.07, 6.45) is 2.30. The van der Waals surface area contributed by atoms with Crippen LogP contribution in [0.1, 0.15) is 41.5 Å². The number of ether oxygens (including phenoxy) is 1. The molecule has 0 unspecified atom stereocenters. The van der Waals surface area contributed by atoms with Crippen molar-refractivity contribution in [3.8, 4) is 0 Å². The Labute approximate surface area is 153 Å². The average molecular weight is 362 g/mol. The van der Waals surface area contributed by atoms with Crippen LogP contribution in [0.3, 0.4) is 0 Å². The smallest absolute Gasteiger partial charge is 0.0595 e. The van der Waals surface area contributed by atoms with Crippen molar-refractivity contribution < 1.29 is 4.74 Å². The number of nitrogens with zero attached hydrogens (tertiary/aromatic N) is 1. The summed E-state index contributed by atoms with van der Waals surface area (Å²) in [4.78, 5) is 2.58. The molecule has 126 valence electrons. The highest BCUT2D eigenvalue weighted by atomic mass is 35.5. The van der Waals surface area contributed by atoms with Crippen molar-refractivity contribution in [3.05, 3.63) is 69.2 Å². The topological polar surface area (TPSA) is 12.5 Å². The molecule has 2 aliphatic rings. The van der Waals surface area contributed by atoms with Gasteiger partial charge >= 0.3 is 0 Å². The predicted octanol–water partition coefficient (Wildman–Crippen LogP) is 5.29. The van der Waals surface area contributed by atoms with Gasteiger partial charge in [0.15, 0.2) is 0 Å². The number of hydrogen-bond donors (Lipinski definition) is 0. The summed E-state index contributed by atoms with van der Waals surface area (Å²) in [5.74, 6) is 0.397. The van der Waals surface area contributed by atoms with Crippen LogP contribution in [0.2, 0.25) is 10.0 Å². The van der Waals surface area contributed by atoms with Crippen molar-refractivity contribution in [2.45, 2.75) is 24.8 Å². The summed E-state index contributed by atoms with van der Waals surface area (Å²) in [5, 5.41) is 1.26. The molecule has 2 aromatic carbocycles. The predicted molar refractivity (Wildman–Crippen MR) is 99.1 cm³/mol. The molecule has 2 atom stereocenters. The Balaban J connectivity index is 1.69. The van der Waals surface area contributed by atoms with E-state index in [2.05, 4.69) is 35.2 Å². The summed E-state index contributed by atoms with van der Waals surface area (Å²) in [7, 11) is 0. The van der Waals surface area contributed by atoms with Gasteiger partial charge in [0.1, 0.15) is 0 Å². The van der Waals surface area contributed by atoms with E-state index in [1.807, 2.05) is 12.1 Å². The van der Waals surface area contributed by atoms with Crippen LogP contribution in [0, 0.1) is 0 Å². The highest BCUT2D eigenvalue weighted by Gasteiger charge is 2.32. The minimum absolute atomic E-state index is 0.397. The summed E-state index contributed by atoms with van der Waals surface area (Å²) < 4.78 is 5.52. The number of halogens is 2. The van der Waals surface area contributed by atoms with Gasteiger partial charge < -0.3 is 4.74 Å². The Morgan fingerprint density at radius 2 is 1.62 bits per heavy atom. The zero-order valence-electron chi connectivity index (χ0n) is 13.6. The maximum Gasteiger partial charge on any atom is 0.0595 e. The Morgan fingerprint density at radius 1 is 0.875 bits per heavy atom. The lowest BCUT2D eigenvalue weighted by Gasteiger charge is -2.40. The fourth-order valence-electron chi connectivity index (χ4n) is 4.11. The Kier molecular flexibility index (Phi) is 4.82. The van der Waals surface area contributed by atoms with Crippen molar-refractivity contribution in [2.75, 3.05) is 26.3 Å². The van der Waals surface area contributed by atoms with Gasteiger partial charge in [-0.2, -0.15) is 0 Å². The molecule has 1 heterocycles. The average Bonchev–Trinajstić information content (AvgIpc) is 2.64. The van der Waals surface area contributed by atoms with Crippen molar-refractivity contribution >= 4 is 23.2 Å². The van der Waals surface area contributed by atoms with Crippen molar-refractivity contribution in [1.29, 1.82) is 0 Å². The van der Waals surface area contributed by atoms with E-state index in [0.29, 0.717) is 22.0 Å². The standard InChI is InChI=1S/C20H21Cl2NO/c21-18-7-5-14(13-19(18)22)15-6-8-20(23-9-11-24-12-10-23)17-4-2-1-3-16(15)17/h1-5,7,13,15,20H,6,8-12H2/t15-,20-/m0/s1. The second-order valence-corrected chi connectivity index (χ2v) is 7.41. The minimum atomic E-state index is 0.397. The molecule has 0 spiro atoms. The number of morpholine rings is 1. The molecule has 0 bridgehead atoms. The van der Waals surface area contributed by atoms with E-state index < -0.39 is 0 Å². The van der Waals surface area contributed by atoms with Gasteiger partial charge in [0.05, 0.1) is 23.3 Å². The van der Waals surface area contributed by atoms with Gasteiger partial charge in [0.25, 0.3) is 0 Å². The van der Waals surface area contributed by atoms with Gasteiger partial charge in [-0.1, -0.05) is 53.5 Å². The van der Waals surface area contributed by atoms with Gasteiger partial charge in [0.2, 0.25) is 0 Å². The van der Waals surface area contributed by atoms with Crippen LogP contribution in [-0.2, 0) is 4.74 Å². The van der Waals surface area contributed by atoms with E-state index in [-0.39, 0.29) is 0 Å². The monoisotopic (exact) mass is 361 g/mol. The number of hydrogen-bond acceptors (Lipinski definition) is 2. The molecule has 2 aromatic rings. The van der Waals surface area contributed by atoms with Crippen LogP contribution in [0.5, 0.6) is 0 Å². The summed E-state index contributed by atoms with van der Waals surface area (Å²) in [6, 6.07) is 15.4. The molecule has 0 N–H and O–H groups in total. The van der Waals surface area contributed by atoms with Crippen LogP contribution in [-0.4, -0.2) is 31.2 Å². The first kappa shape index (κ1) is 16.4. The normalized spacial score (nSPS) is 24.6. The Bertz CT molecular complexity index is 727. The van der Waals surface area contributed by atoms with Gasteiger partial charge in [-0.15, -0.1) is 0 Å². The number of rotatable bonds is 2. The fourth-order valence-corrected chi connectivity index (χ4v) is 4.42. The summed E-state index contributed by atoms with van der Waals surface area (Å²) >= 11 is 12.4. The van der Waals surface area contributed by atoms with E-state index in [1.54, 1.807) is 0 Å². The van der Waals surface area contributed by atoms with Gasteiger partial charge in [-0.05, 0) is 41.7 Å². The van der Waals surface area contributed by atoms with Crippen molar-refractivity contribution in [3.63, 3.8) is 0 Å². The van der Waals surface area contributed by atoms with Crippen molar-refractivity contribution in [2.24, 2.45) is 0 Å². The van der Waals surface area contributed by atoms with Gasteiger partial charge in [-0.25, -0.2) is 0 Å². The fraction of sp³-hybridized carbons (Fsp3) is 0.400. The molecule has 2 nitrogen and oxygen atoms in total. The molecule has 24 heavy (non-hydrogen) atoms. The Morgan fingerprint density at radius 3 is 2.38 bits per heavy atom. The van der Waals surface area contributed by atoms with Crippen LogP contribution >= 0.6 is 23.2 Å². The molecule has 1 saturated heterocycles. The van der Waals surface area contributed by atoms with E-state index in [4.69, 9.17) is 27.9 Å². The SMILES string of the molecule is Clc1ccc([C@@H]2CC[C@H](N3CCOCC3)c3ccccc32)cc1Cl. The summed E-state index contributed by atoms with van der Waals surface area (Å²) in [6.45, 7) is 3.73. The van der Waals surface area contributed by atoms with Gasteiger partial charge in [0, 0.05) is 25.0 Å². The zero-order chi connectivity index (χ0) is 16.5. The third kappa shape index (κ3) is 3.09. The highest BCUT2D eigenvalue weighted by Crippen LogP contribution is 2.44. The number of fused-ring (bicyclic) bond motifs is 1. The molecular weight excluding hydrogens is 341 g/mol. The lowest BCUT2D eigenvalue weighted by atomic mass is 9.76. The van der Waals surface area contributed by atoms with E-state index in [1.165, 1.54) is 23.1 Å². The maximum atomic E-state index is 6.26. The van der Waals surface area contributed by atoms with Crippen molar-refractivity contribution in [1.82, 2.24) is 4.90 Å². The van der Waals surface area contributed by atoms with Crippen LogP contribution < -0.4 is 0 Å². The number of benzene rings is 2. The lowest BCUT2D eigenvalue weighted by molar-refractivity contribution is 0.0119. The third-order valence-electron chi connectivity index (χ3n) is 5.29. The molecule has 1 fully saturated rings. The first-order valence-electron chi connectivity index (χ1n) is 8.59. The molecule has 4 heteroatoms. The molecule has 0 saturated carbocycles. The highest BCUT2D eigenvalue weighted by molar-refractivity contribution is 6.42. The Hall–Kier alpha value is -1.06. The van der Waals surface area contributed by atoms with Crippen LogP contribution in [0.15, 0.2) is 42.5 Å². The quantitative estimate of drug-likeness (QED) is 0.720. The maximum absolute atomic E-state index is 6.26.